The van der Waals surface area contributed by atoms with E-state index in [0.717, 1.165) is 29.6 Å². The molecule has 4 bridgehead atoms. The lowest BCUT2D eigenvalue weighted by molar-refractivity contribution is 0.136. The van der Waals surface area contributed by atoms with Crippen LogP contribution in [0.5, 0.6) is 0 Å². The lowest BCUT2D eigenvalue weighted by Gasteiger charge is -2.38. The maximum Gasteiger partial charge on any atom is 0.322 e. The molecule has 28 heavy (non-hydrogen) atoms. The summed E-state index contributed by atoms with van der Waals surface area (Å²) in [6.07, 6.45) is 8.17. The van der Waals surface area contributed by atoms with Crippen molar-refractivity contribution in [3.05, 3.63) is 64.6 Å². The fourth-order valence-electron chi connectivity index (χ4n) is 5.71. The third-order valence-corrected chi connectivity index (χ3v) is 6.82. The van der Waals surface area contributed by atoms with E-state index in [0.29, 0.717) is 18.5 Å². The molecule has 1 aromatic carbocycles. The van der Waals surface area contributed by atoms with Gasteiger partial charge in [-0.05, 0) is 73.6 Å². The molecule has 1 N–H and O–H groups in total. The van der Waals surface area contributed by atoms with Crippen molar-refractivity contribution in [3.63, 3.8) is 0 Å². The van der Waals surface area contributed by atoms with Gasteiger partial charge in [-0.1, -0.05) is 18.2 Å². The lowest BCUT2D eigenvalue weighted by atomic mass is 9.68. The van der Waals surface area contributed by atoms with Crippen LogP contribution in [0, 0.1) is 17.8 Å². The largest absolute Gasteiger partial charge is 0.322 e. The number of rotatable bonds is 3. The fourth-order valence-corrected chi connectivity index (χ4v) is 5.71. The highest BCUT2D eigenvalue weighted by Gasteiger charge is 2.44. The minimum absolute atomic E-state index is 0.00907. The SMILES string of the molecule is O=C(Nc1ccc(Cn2ccccc2=O)cc1)N1CC2CC3CC(C2)CC1C3. The molecule has 2 atom stereocenters. The molecule has 2 aromatic rings. The average molecular weight is 377 g/mol. The summed E-state index contributed by atoms with van der Waals surface area (Å²) >= 11 is 0. The van der Waals surface area contributed by atoms with Crippen LogP contribution in [0.3, 0.4) is 0 Å². The van der Waals surface area contributed by atoms with Gasteiger partial charge in [-0.15, -0.1) is 0 Å². The molecule has 1 aromatic heterocycles. The van der Waals surface area contributed by atoms with Gasteiger partial charge in [0, 0.05) is 30.5 Å². The number of urea groups is 1. The van der Waals surface area contributed by atoms with E-state index in [1.165, 1.54) is 32.1 Å². The normalized spacial score (nSPS) is 28.2. The highest BCUT2D eigenvalue weighted by molar-refractivity contribution is 5.89. The van der Waals surface area contributed by atoms with Crippen LogP contribution in [-0.2, 0) is 6.54 Å². The van der Waals surface area contributed by atoms with E-state index in [1.54, 1.807) is 22.9 Å². The van der Waals surface area contributed by atoms with E-state index in [2.05, 4.69) is 10.2 Å². The Morgan fingerprint density at radius 2 is 1.64 bits per heavy atom. The van der Waals surface area contributed by atoms with Gasteiger partial charge in [-0.2, -0.15) is 0 Å². The Morgan fingerprint density at radius 1 is 0.929 bits per heavy atom. The molecule has 3 heterocycles. The quantitative estimate of drug-likeness (QED) is 0.881. The maximum atomic E-state index is 13.0. The number of nitrogens with zero attached hydrogens (tertiary/aromatic N) is 2. The highest BCUT2D eigenvalue weighted by atomic mass is 16.2. The maximum absolute atomic E-state index is 13.0. The molecule has 2 aliphatic carbocycles. The number of nitrogens with one attached hydrogen (secondary N) is 1. The third kappa shape index (κ3) is 3.46. The molecule has 2 amide bonds. The van der Waals surface area contributed by atoms with E-state index >= 15 is 0 Å². The number of fused-ring (bicyclic) bond motifs is 1. The van der Waals surface area contributed by atoms with E-state index in [-0.39, 0.29) is 11.6 Å². The van der Waals surface area contributed by atoms with Crippen molar-refractivity contribution in [1.82, 2.24) is 9.47 Å². The molecule has 2 unspecified atom stereocenters. The Hall–Kier alpha value is -2.56. The standard InChI is InChI=1S/C23H27N3O2/c27-22-3-1-2-8-25(22)14-16-4-6-20(7-5-16)24-23(28)26-15-19-10-17-9-18(11-19)13-21(26)12-17/h1-8,17-19,21H,9-15H2,(H,24,28). The summed E-state index contributed by atoms with van der Waals surface area (Å²) in [7, 11) is 0. The minimum atomic E-state index is -0.00907. The summed E-state index contributed by atoms with van der Waals surface area (Å²) in [4.78, 5) is 26.9. The molecule has 6 rings (SSSR count). The van der Waals surface area contributed by atoms with Gasteiger partial charge >= 0.3 is 6.03 Å². The van der Waals surface area contributed by atoms with Crippen LogP contribution in [0.4, 0.5) is 10.5 Å². The van der Waals surface area contributed by atoms with Crippen LogP contribution in [0.1, 0.15) is 37.7 Å². The Morgan fingerprint density at radius 3 is 2.36 bits per heavy atom. The van der Waals surface area contributed by atoms with Gasteiger partial charge < -0.3 is 14.8 Å². The second kappa shape index (κ2) is 7.12. The zero-order valence-corrected chi connectivity index (χ0v) is 16.1. The fraction of sp³-hybridized carbons (Fsp3) is 0.478. The van der Waals surface area contributed by atoms with E-state index in [1.807, 2.05) is 30.3 Å². The van der Waals surface area contributed by atoms with Gasteiger partial charge in [0.05, 0.1) is 6.54 Å². The van der Waals surface area contributed by atoms with Crippen molar-refractivity contribution in [2.45, 2.75) is 44.7 Å². The van der Waals surface area contributed by atoms with E-state index in [4.69, 9.17) is 0 Å². The Balaban J connectivity index is 1.25. The highest BCUT2D eigenvalue weighted by Crippen LogP contribution is 2.47. The number of amides is 2. The van der Waals surface area contributed by atoms with Gasteiger partial charge in [0.25, 0.3) is 5.56 Å². The molecule has 5 nitrogen and oxygen atoms in total. The van der Waals surface area contributed by atoms with Gasteiger partial charge in [-0.3, -0.25) is 4.79 Å². The number of carbonyl (C=O) groups is 1. The zero-order valence-electron chi connectivity index (χ0n) is 16.1. The topological polar surface area (TPSA) is 54.3 Å². The predicted molar refractivity (Wildman–Crippen MR) is 109 cm³/mol. The number of hydrogen-bond acceptors (Lipinski definition) is 2. The molecular formula is C23H27N3O2. The van der Waals surface area contributed by atoms with Crippen LogP contribution in [0.15, 0.2) is 53.5 Å². The Labute approximate surface area is 165 Å². The number of benzene rings is 1. The van der Waals surface area contributed by atoms with Crippen molar-refractivity contribution in [2.24, 2.45) is 17.8 Å². The number of aromatic nitrogens is 1. The number of pyridine rings is 1. The first kappa shape index (κ1) is 17.5. The average Bonchev–Trinajstić information content (AvgIpc) is 2.88. The number of hydrogen-bond donors (Lipinski definition) is 1. The molecule has 4 fully saturated rings. The summed E-state index contributed by atoms with van der Waals surface area (Å²) in [6, 6.07) is 13.5. The summed E-state index contributed by atoms with van der Waals surface area (Å²) in [5.41, 5.74) is 1.85. The van der Waals surface area contributed by atoms with Crippen LogP contribution in [-0.4, -0.2) is 28.1 Å². The molecular weight excluding hydrogens is 350 g/mol. The molecule has 0 spiro atoms. The van der Waals surface area contributed by atoms with Crippen LogP contribution in [0.25, 0.3) is 0 Å². The molecule has 2 aliphatic heterocycles. The summed E-state index contributed by atoms with van der Waals surface area (Å²) in [6.45, 7) is 1.45. The van der Waals surface area contributed by atoms with Crippen LogP contribution < -0.4 is 10.9 Å². The molecule has 2 saturated heterocycles. The smallest absolute Gasteiger partial charge is 0.321 e. The predicted octanol–water partition coefficient (Wildman–Crippen LogP) is 3.94. The summed E-state index contributed by atoms with van der Waals surface area (Å²) in [5, 5.41) is 3.10. The first-order valence-corrected chi connectivity index (χ1v) is 10.5. The first-order valence-electron chi connectivity index (χ1n) is 10.5. The van der Waals surface area contributed by atoms with Crippen LogP contribution >= 0.6 is 0 Å². The van der Waals surface area contributed by atoms with Crippen LogP contribution in [0.2, 0.25) is 0 Å². The first-order chi connectivity index (χ1) is 13.6. The summed E-state index contributed by atoms with van der Waals surface area (Å²) < 4.78 is 1.68. The Kier molecular flexibility index (Phi) is 4.46. The molecule has 4 aliphatic rings. The zero-order chi connectivity index (χ0) is 19.1. The second-order valence-electron chi connectivity index (χ2n) is 8.88. The van der Waals surface area contributed by atoms with Gasteiger partial charge in [0.1, 0.15) is 0 Å². The van der Waals surface area contributed by atoms with E-state index in [9.17, 15) is 9.59 Å². The van der Waals surface area contributed by atoms with E-state index < -0.39 is 0 Å². The minimum Gasteiger partial charge on any atom is -0.321 e. The van der Waals surface area contributed by atoms with Crippen molar-refractivity contribution < 1.29 is 4.79 Å². The number of carbonyl (C=O) groups excluding carboxylic acids is 1. The van der Waals surface area contributed by atoms with Crippen molar-refractivity contribution >= 4 is 11.7 Å². The molecule has 5 heteroatoms. The molecule has 2 saturated carbocycles. The van der Waals surface area contributed by atoms with Crippen molar-refractivity contribution in [2.75, 3.05) is 11.9 Å². The van der Waals surface area contributed by atoms with Gasteiger partial charge in [0.15, 0.2) is 0 Å². The second-order valence-corrected chi connectivity index (χ2v) is 8.88. The molecule has 146 valence electrons. The summed E-state index contributed by atoms with van der Waals surface area (Å²) in [5.74, 6) is 2.36. The van der Waals surface area contributed by atoms with Crippen molar-refractivity contribution in [3.8, 4) is 0 Å². The van der Waals surface area contributed by atoms with Gasteiger partial charge in [0.2, 0.25) is 0 Å². The number of anilines is 1. The lowest BCUT2D eigenvalue weighted by Crippen LogP contribution is -2.44. The third-order valence-electron chi connectivity index (χ3n) is 6.82. The Bertz CT molecular complexity index is 906. The molecule has 0 radical (unpaired) electrons. The van der Waals surface area contributed by atoms with Crippen molar-refractivity contribution in [1.29, 1.82) is 0 Å². The monoisotopic (exact) mass is 377 g/mol. The van der Waals surface area contributed by atoms with Gasteiger partial charge in [-0.25, -0.2) is 4.79 Å².